The molecule has 4 rings (SSSR count). The van der Waals surface area contributed by atoms with Gasteiger partial charge in [0, 0.05) is 24.2 Å². The van der Waals surface area contributed by atoms with Crippen LogP contribution in [-0.4, -0.2) is 48.9 Å². The molecule has 1 N–H and O–H groups in total. The number of sulfonamides is 1. The summed E-state index contributed by atoms with van der Waals surface area (Å²) in [4.78, 5) is 2.44. The largest absolute Gasteiger partial charge is 0.508 e. The van der Waals surface area contributed by atoms with Crippen molar-refractivity contribution < 1.29 is 13.5 Å². The van der Waals surface area contributed by atoms with Gasteiger partial charge in [-0.3, -0.25) is 0 Å². The molecule has 0 radical (unpaired) electrons. The summed E-state index contributed by atoms with van der Waals surface area (Å²) in [5, 5.41) is 9.95. The van der Waals surface area contributed by atoms with Gasteiger partial charge in [-0.15, -0.1) is 0 Å². The number of fused-ring (bicyclic) bond motifs is 3. The van der Waals surface area contributed by atoms with Crippen LogP contribution >= 0.6 is 0 Å². The molecule has 1 saturated heterocycles. The number of phenolic OH excluding ortho intramolecular Hbond substituents is 1. The van der Waals surface area contributed by atoms with Crippen molar-refractivity contribution in [3.8, 4) is 16.9 Å². The SMILES string of the molecule is Cc1ccc2c(c1)CN(C1CCN(C)CC1)S(=O)(=O)c1cc(O)ccc1-2. The van der Waals surface area contributed by atoms with Crippen LogP contribution in [0.5, 0.6) is 5.75 Å². The predicted molar refractivity (Wildman–Crippen MR) is 102 cm³/mol. The summed E-state index contributed by atoms with van der Waals surface area (Å²) in [6.45, 7) is 4.19. The zero-order chi connectivity index (χ0) is 18.5. The summed E-state index contributed by atoms with van der Waals surface area (Å²) < 4.78 is 28.7. The second-order valence-corrected chi connectivity index (χ2v) is 9.28. The van der Waals surface area contributed by atoms with E-state index in [4.69, 9.17) is 0 Å². The van der Waals surface area contributed by atoms with Gasteiger partial charge in [-0.2, -0.15) is 4.31 Å². The van der Waals surface area contributed by atoms with E-state index < -0.39 is 10.0 Å². The van der Waals surface area contributed by atoms with Crippen LogP contribution in [0.2, 0.25) is 0 Å². The third kappa shape index (κ3) is 2.92. The lowest BCUT2D eigenvalue weighted by Crippen LogP contribution is -2.45. The van der Waals surface area contributed by atoms with Gasteiger partial charge in [0.25, 0.3) is 0 Å². The monoisotopic (exact) mass is 372 g/mol. The molecule has 0 saturated carbocycles. The van der Waals surface area contributed by atoms with Crippen molar-refractivity contribution in [2.24, 2.45) is 0 Å². The molecule has 6 heteroatoms. The van der Waals surface area contributed by atoms with E-state index in [2.05, 4.69) is 18.0 Å². The number of benzene rings is 2. The number of aromatic hydroxyl groups is 1. The molecule has 5 nitrogen and oxygen atoms in total. The lowest BCUT2D eigenvalue weighted by Gasteiger charge is -2.36. The zero-order valence-corrected chi connectivity index (χ0v) is 16.0. The molecule has 2 aromatic rings. The molecule has 2 aliphatic rings. The van der Waals surface area contributed by atoms with Crippen molar-refractivity contribution in [1.82, 2.24) is 9.21 Å². The van der Waals surface area contributed by atoms with Gasteiger partial charge in [0.2, 0.25) is 10.0 Å². The third-order valence-electron chi connectivity index (χ3n) is 5.52. The van der Waals surface area contributed by atoms with Crippen molar-refractivity contribution >= 4 is 10.0 Å². The fourth-order valence-corrected chi connectivity index (χ4v) is 5.94. The lowest BCUT2D eigenvalue weighted by atomic mass is 9.97. The van der Waals surface area contributed by atoms with E-state index in [1.54, 1.807) is 16.4 Å². The molecular weight excluding hydrogens is 348 g/mol. The molecule has 0 unspecified atom stereocenters. The summed E-state index contributed by atoms with van der Waals surface area (Å²) in [5.41, 5.74) is 3.75. The maximum Gasteiger partial charge on any atom is 0.244 e. The van der Waals surface area contributed by atoms with Crippen molar-refractivity contribution in [3.05, 3.63) is 47.5 Å². The molecule has 1 fully saturated rings. The fraction of sp³-hybridized carbons (Fsp3) is 0.400. The minimum absolute atomic E-state index is 0.0159. The van der Waals surface area contributed by atoms with E-state index in [1.807, 2.05) is 19.1 Å². The molecule has 26 heavy (non-hydrogen) atoms. The first-order chi connectivity index (χ1) is 12.4. The Hall–Kier alpha value is -1.89. The molecule has 0 atom stereocenters. The molecule has 138 valence electrons. The van der Waals surface area contributed by atoms with Crippen LogP contribution in [0.1, 0.15) is 24.0 Å². The highest BCUT2D eigenvalue weighted by Crippen LogP contribution is 2.40. The zero-order valence-electron chi connectivity index (χ0n) is 15.1. The van der Waals surface area contributed by atoms with Crippen LogP contribution < -0.4 is 0 Å². The first-order valence-corrected chi connectivity index (χ1v) is 10.4. The highest BCUT2D eigenvalue weighted by atomic mass is 32.2. The smallest absolute Gasteiger partial charge is 0.244 e. The average Bonchev–Trinajstić information content (AvgIpc) is 2.69. The van der Waals surface area contributed by atoms with E-state index in [0.29, 0.717) is 12.1 Å². The van der Waals surface area contributed by atoms with E-state index >= 15 is 0 Å². The maximum atomic E-state index is 13.5. The molecule has 0 aliphatic carbocycles. The predicted octanol–water partition coefficient (Wildman–Crippen LogP) is 2.97. The van der Waals surface area contributed by atoms with Crippen LogP contribution in [0.4, 0.5) is 0 Å². The Morgan fingerprint density at radius 1 is 1.04 bits per heavy atom. The minimum atomic E-state index is -3.68. The Balaban J connectivity index is 1.90. The molecule has 2 aromatic carbocycles. The third-order valence-corrected chi connectivity index (χ3v) is 7.46. The molecule has 2 heterocycles. The van der Waals surface area contributed by atoms with Crippen molar-refractivity contribution in [2.75, 3.05) is 20.1 Å². The average molecular weight is 372 g/mol. The molecule has 0 aromatic heterocycles. The van der Waals surface area contributed by atoms with Crippen molar-refractivity contribution in [1.29, 1.82) is 0 Å². The second-order valence-electron chi connectivity index (χ2n) is 7.43. The summed E-state index contributed by atoms with van der Waals surface area (Å²) in [6, 6.07) is 10.7. The standard InChI is InChI=1S/C20H24N2O3S/c1-14-3-5-18-15(11-14)13-22(16-7-9-21(2)10-8-16)26(24,25)20-12-17(23)4-6-19(18)20/h3-6,11-12,16,23H,7-10,13H2,1-2H3. The van der Waals surface area contributed by atoms with Crippen LogP contribution in [0.3, 0.4) is 0 Å². The van der Waals surface area contributed by atoms with Gasteiger partial charge in [-0.05, 0) is 63.2 Å². The fourth-order valence-electron chi connectivity index (χ4n) is 4.05. The highest BCUT2D eigenvalue weighted by molar-refractivity contribution is 7.89. The normalized spacial score (nSPS) is 21.0. The molecule has 0 spiro atoms. The summed E-state index contributed by atoms with van der Waals surface area (Å²) in [7, 11) is -1.62. The van der Waals surface area contributed by atoms with Crippen molar-refractivity contribution in [3.63, 3.8) is 0 Å². The van der Waals surface area contributed by atoms with Crippen LogP contribution in [0, 0.1) is 6.92 Å². The first kappa shape index (κ1) is 17.5. The van der Waals surface area contributed by atoms with Crippen molar-refractivity contribution in [2.45, 2.75) is 37.2 Å². The number of likely N-dealkylation sites (tertiary alicyclic amines) is 1. The Morgan fingerprint density at radius 2 is 1.73 bits per heavy atom. The van der Waals surface area contributed by atoms with E-state index in [9.17, 15) is 13.5 Å². The number of phenols is 1. The molecule has 0 amide bonds. The molecule has 0 bridgehead atoms. The second kappa shape index (κ2) is 6.37. The summed E-state index contributed by atoms with van der Waals surface area (Å²) in [6.07, 6.45) is 1.65. The van der Waals surface area contributed by atoms with Gasteiger partial charge in [-0.25, -0.2) is 8.42 Å². The summed E-state index contributed by atoms with van der Waals surface area (Å²) in [5.74, 6) is -0.0220. The topological polar surface area (TPSA) is 60.9 Å². The molecule has 2 aliphatic heterocycles. The number of aryl methyl sites for hydroxylation is 1. The van der Waals surface area contributed by atoms with E-state index in [-0.39, 0.29) is 16.7 Å². The van der Waals surface area contributed by atoms with E-state index in [1.165, 1.54) is 6.07 Å². The Bertz CT molecular complexity index is 948. The Labute approximate surface area is 154 Å². The number of hydrogen-bond acceptors (Lipinski definition) is 4. The highest BCUT2D eigenvalue weighted by Gasteiger charge is 2.37. The van der Waals surface area contributed by atoms with Gasteiger partial charge in [-0.1, -0.05) is 23.8 Å². The van der Waals surface area contributed by atoms with Crippen LogP contribution in [0.15, 0.2) is 41.3 Å². The maximum absolute atomic E-state index is 13.5. The van der Waals surface area contributed by atoms with Gasteiger partial charge in [0.05, 0.1) is 4.90 Å². The first-order valence-electron chi connectivity index (χ1n) is 8.99. The number of piperidine rings is 1. The van der Waals surface area contributed by atoms with Gasteiger partial charge >= 0.3 is 0 Å². The van der Waals surface area contributed by atoms with Crippen LogP contribution in [-0.2, 0) is 16.6 Å². The van der Waals surface area contributed by atoms with Gasteiger partial charge in [0.15, 0.2) is 0 Å². The molecular formula is C20H24N2O3S. The lowest BCUT2D eigenvalue weighted by molar-refractivity contribution is 0.179. The van der Waals surface area contributed by atoms with Crippen LogP contribution in [0.25, 0.3) is 11.1 Å². The number of rotatable bonds is 1. The minimum Gasteiger partial charge on any atom is -0.508 e. The van der Waals surface area contributed by atoms with E-state index in [0.717, 1.165) is 42.6 Å². The Morgan fingerprint density at radius 3 is 2.46 bits per heavy atom. The number of hydrogen-bond donors (Lipinski definition) is 1. The quantitative estimate of drug-likeness (QED) is 0.836. The van der Waals surface area contributed by atoms with Gasteiger partial charge in [0.1, 0.15) is 5.75 Å². The van der Waals surface area contributed by atoms with Gasteiger partial charge < -0.3 is 10.0 Å². The summed E-state index contributed by atoms with van der Waals surface area (Å²) >= 11 is 0. The Kier molecular flexibility index (Phi) is 4.29. The number of nitrogens with zero attached hydrogens (tertiary/aromatic N) is 2.